The normalized spacial score (nSPS) is 13.0. The average Bonchev–Trinajstić information content (AvgIpc) is 2.98. The van der Waals surface area contributed by atoms with E-state index < -0.39 is 5.97 Å². The van der Waals surface area contributed by atoms with Crippen molar-refractivity contribution in [1.82, 2.24) is 0 Å². The molecule has 0 bridgehead atoms. The molecule has 1 unspecified atom stereocenters. The van der Waals surface area contributed by atoms with Gasteiger partial charge in [-0.05, 0) is 77.0 Å². The van der Waals surface area contributed by atoms with Gasteiger partial charge in [-0.2, -0.15) is 0 Å². The summed E-state index contributed by atoms with van der Waals surface area (Å²) in [6.07, 6.45) is 46.0. The molecule has 0 saturated carbocycles. The first-order valence-corrected chi connectivity index (χ1v) is 17.3. The second-order valence-electron chi connectivity index (χ2n) is 11.3. The minimum Gasteiger partial charge on any atom is -0.481 e. The number of hydrogen-bond donors (Lipinski definition) is 1. The number of ether oxygens (including phenoxy) is 1. The van der Waals surface area contributed by atoms with Crippen molar-refractivity contribution < 1.29 is 19.4 Å². The van der Waals surface area contributed by atoms with Crippen LogP contribution < -0.4 is 0 Å². The smallest absolute Gasteiger partial charge is 0.306 e. The van der Waals surface area contributed by atoms with Gasteiger partial charge in [0, 0.05) is 12.8 Å². The van der Waals surface area contributed by atoms with Gasteiger partial charge in [0.15, 0.2) is 0 Å². The van der Waals surface area contributed by atoms with Crippen LogP contribution in [-0.2, 0) is 14.3 Å². The van der Waals surface area contributed by atoms with E-state index in [0.29, 0.717) is 12.8 Å². The van der Waals surface area contributed by atoms with Crippen molar-refractivity contribution in [2.75, 3.05) is 0 Å². The van der Waals surface area contributed by atoms with Crippen molar-refractivity contribution in [3.05, 3.63) is 60.8 Å². The Labute approximate surface area is 259 Å². The highest BCUT2D eigenvalue weighted by Crippen LogP contribution is 2.16. The maximum Gasteiger partial charge on any atom is 0.306 e. The molecule has 42 heavy (non-hydrogen) atoms. The minimum absolute atomic E-state index is 0.0277. The zero-order valence-corrected chi connectivity index (χ0v) is 27.3. The summed E-state index contributed by atoms with van der Waals surface area (Å²) in [5, 5.41) is 8.65. The molecule has 0 rings (SSSR count). The molecule has 0 amide bonds. The molecule has 1 atom stereocenters. The summed E-state index contributed by atoms with van der Waals surface area (Å²) in [5.41, 5.74) is 0. The first-order valence-electron chi connectivity index (χ1n) is 17.3. The summed E-state index contributed by atoms with van der Waals surface area (Å²) in [7, 11) is 0. The second kappa shape index (κ2) is 33.1. The predicted molar refractivity (Wildman–Crippen MR) is 181 cm³/mol. The van der Waals surface area contributed by atoms with Crippen molar-refractivity contribution >= 4 is 11.9 Å². The molecule has 0 saturated heterocycles. The van der Waals surface area contributed by atoms with Crippen LogP contribution in [0.3, 0.4) is 0 Å². The maximum absolute atomic E-state index is 12.2. The number of aliphatic carboxylic acids is 1. The quantitative estimate of drug-likeness (QED) is 0.0518. The first-order chi connectivity index (χ1) is 20.6. The van der Waals surface area contributed by atoms with Crippen LogP contribution in [0.25, 0.3) is 0 Å². The van der Waals surface area contributed by atoms with Crippen molar-refractivity contribution in [3.8, 4) is 0 Å². The number of esters is 1. The third-order valence-corrected chi connectivity index (χ3v) is 7.33. The lowest BCUT2D eigenvalue weighted by Crippen LogP contribution is -2.17. The van der Waals surface area contributed by atoms with E-state index in [9.17, 15) is 9.59 Å². The summed E-state index contributed by atoms with van der Waals surface area (Å²) < 4.78 is 5.74. The fourth-order valence-corrected chi connectivity index (χ4v) is 4.73. The van der Waals surface area contributed by atoms with Gasteiger partial charge in [-0.1, -0.05) is 132 Å². The van der Waals surface area contributed by atoms with E-state index in [-0.39, 0.29) is 12.1 Å². The lowest BCUT2D eigenvalue weighted by Gasteiger charge is -2.16. The number of carboxylic acid groups (broad SMARTS) is 1. The molecule has 0 aliphatic heterocycles. The Morgan fingerprint density at radius 1 is 0.548 bits per heavy atom. The van der Waals surface area contributed by atoms with Gasteiger partial charge in [-0.25, -0.2) is 0 Å². The van der Waals surface area contributed by atoms with Crippen molar-refractivity contribution in [3.63, 3.8) is 0 Å². The highest BCUT2D eigenvalue weighted by atomic mass is 16.5. The molecule has 0 aliphatic rings. The Hall–Kier alpha value is -2.36. The SMILES string of the molecule is CC/C=C\C/C=C\C/C=C\C/C=C\C/C=C\CCCCCC(=O)OC(CC)CCCCCCCCCCCCC(=O)O. The Morgan fingerprint density at radius 3 is 1.48 bits per heavy atom. The maximum atomic E-state index is 12.2. The van der Waals surface area contributed by atoms with E-state index in [2.05, 4.69) is 74.6 Å². The molecule has 0 heterocycles. The fourth-order valence-electron chi connectivity index (χ4n) is 4.73. The Bertz CT molecular complexity index is 759. The summed E-state index contributed by atoms with van der Waals surface area (Å²) >= 11 is 0. The van der Waals surface area contributed by atoms with Crippen LogP contribution in [0.1, 0.15) is 162 Å². The number of allylic oxidation sites excluding steroid dienone is 10. The molecule has 0 aliphatic carbocycles. The Morgan fingerprint density at radius 2 is 0.976 bits per heavy atom. The number of hydrogen-bond acceptors (Lipinski definition) is 3. The van der Waals surface area contributed by atoms with E-state index in [1.807, 2.05) is 0 Å². The van der Waals surface area contributed by atoms with Gasteiger partial charge in [-0.3, -0.25) is 9.59 Å². The van der Waals surface area contributed by atoms with Gasteiger partial charge in [0.2, 0.25) is 0 Å². The molecule has 0 fully saturated rings. The third kappa shape index (κ3) is 32.2. The molecule has 4 nitrogen and oxygen atoms in total. The molecule has 1 N–H and O–H groups in total. The topological polar surface area (TPSA) is 63.6 Å². The molecule has 0 radical (unpaired) electrons. The first kappa shape index (κ1) is 39.6. The van der Waals surface area contributed by atoms with Gasteiger partial charge in [0.05, 0.1) is 0 Å². The zero-order valence-electron chi connectivity index (χ0n) is 27.3. The van der Waals surface area contributed by atoms with Crippen LogP contribution in [0.5, 0.6) is 0 Å². The predicted octanol–water partition coefficient (Wildman–Crippen LogP) is 11.8. The van der Waals surface area contributed by atoms with Crippen LogP contribution in [-0.4, -0.2) is 23.1 Å². The van der Waals surface area contributed by atoms with Crippen molar-refractivity contribution in [2.45, 2.75) is 168 Å². The average molecular weight is 585 g/mol. The van der Waals surface area contributed by atoms with Crippen molar-refractivity contribution in [2.24, 2.45) is 0 Å². The Balaban J connectivity index is 3.59. The Kier molecular flexibility index (Phi) is 31.3. The van der Waals surface area contributed by atoms with E-state index >= 15 is 0 Å². The van der Waals surface area contributed by atoms with Gasteiger partial charge >= 0.3 is 11.9 Å². The molecule has 0 aromatic rings. The number of carbonyl (C=O) groups is 2. The molecule has 0 spiro atoms. The zero-order chi connectivity index (χ0) is 30.8. The summed E-state index contributed by atoms with van der Waals surface area (Å²) in [4.78, 5) is 22.7. The van der Waals surface area contributed by atoms with Gasteiger partial charge < -0.3 is 9.84 Å². The summed E-state index contributed by atoms with van der Waals surface area (Å²) in [6.45, 7) is 4.27. The van der Waals surface area contributed by atoms with Gasteiger partial charge in [0.1, 0.15) is 6.10 Å². The minimum atomic E-state index is -0.682. The van der Waals surface area contributed by atoms with Gasteiger partial charge in [-0.15, -0.1) is 0 Å². The molecule has 4 heteroatoms. The van der Waals surface area contributed by atoms with Gasteiger partial charge in [0.25, 0.3) is 0 Å². The monoisotopic (exact) mass is 584 g/mol. The van der Waals surface area contributed by atoms with Crippen molar-refractivity contribution in [1.29, 1.82) is 0 Å². The second-order valence-corrected chi connectivity index (χ2v) is 11.3. The number of carboxylic acids is 1. The van der Waals surface area contributed by atoms with E-state index in [0.717, 1.165) is 96.3 Å². The summed E-state index contributed by atoms with van der Waals surface area (Å²) in [6, 6.07) is 0. The number of carbonyl (C=O) groups excluding carboxylic acids is 1. The lowest BCUT2D eigenvalue weighted by atomic mass is 10.0. The highest BCUT2D eigenvalue weighted by molar-refractivity contribution is 5.69. The molecule has 0 aromatic heterocycles. The fraction of sp³-hybridized carbons (Fsp3) is 0.684. The number of rotatable bonds is 30. The van der Waals surface area contributed by atoms with Crippen LogP contribution in [0.2, 0.25) is 0 Å². The van der Waals surface area contributed by atoms with Crippen LogP contribution in [0.4, 0.5) is 0 Å². The molecular weight excluding hydrogens is 520 g/mol. The van der Waals surface area contributed by atoms with Crippen LogP contribution >= 0.6 is 0 Å². The largest absolute Gasteiger partial charge is 0.481 e. The number of unbranched alkanes of at least 4 members (excludes halogenated alkanes) is 12. The molecule has 0 aromatic carbocycles. The molecule has 240 valence electrons. The van der Waals surface area contributed by atoms with E-state index in [4.69, 9.17) is 9.84 Å². The van der Waals surface area contributed by atoms with Crippen LogP contribution in [0.15, 0.2) is 60.8 Å². The summed E-state index contributed by atoms with van der Waals surface area (Å²) in [5.74, 6) is -0.709. The molecular formula is C38H64O4. The highest BCUT2D eigenvalue weighted by Gasteiger charge is 2.12. The standard InChI is InChI=1S/C38H64O4/c1-3-5-6-7-8-9-10-11-12-13-14-15-16-17-18-23-26-29-32-35-38(41)42-36(4-2)33-30-27-24-21-19-20-22-25-28-31-34-37(39)40/h5-6,8-9,11-12,14-15,17-18,36H,3-4,7,10,13,16,19-35H2,1-2H3,(H,39,40)/b6-5-,9-8-,12-11-,15-14-,18-17-. The van der Waals surface area contributed by atoms with E-state index in [1.165, 1.54) is 38.5 Å². The lowest BCUT2D eigenvalue weighted by molar-refractivity contribution is -0.149. The van der Waals surface area contributed by atoms with E-state index in [1.54, 1.807) is 0 Å². The van der Waals surface area contributed by atoms with Crippen LogP contribution in [0, 0.1) is 0 Å². The third-order valence-electron chi connectivity index (χ3n) is 7.33.